The fraction of sp³-hybridized carbons (Fsp3) is 0.321. The predicted octanol–water partition coefficient (Wildman–Crippen LogP) is 3.14. The minimum absolute atomic E-state index is 0.237. The molecule has 3 aromatic rings. The lowest BCUT2D eigenvalue weighted by Crippen LogP contribution is -2.52. The smallest absolute Gasteiger partial charge is 0.312 e. The Morgan fingerprint density at radius 3 is 2.14 bits per heavy atom. The Bertz CT molecular complexity index is 1270. The number of carbonyl (C=O) groups excluding carboxylic acids is 1. The van der Waals surface area contributed by atoms with Gasteiger partial charge in [0.25, 0.3) is 0 Å². The van der Waals surface area contributed by atoms with Crippen molar-refractivity contribution in [2.24, 2.45) is 5.92 Å². The summed E-state index contributed by atoms with van der Waals surface area (Å²) in [5, 5.41) is 24.5. The first kappa shape index (κ1) is 24.0. The Morgan fingerprint density at radius 2 is 1.56 bits per heavy atom. The third-order valence-electron chi connectivity index (χ3n) is 7.43. The van der Waals surface area contributed by atoms with Gasteiger partial charge >= 0.3 is 5.97 Å². The van der Waals surface area contributed by atoms with Crippen LogP contribution in [0, 0.1) is 5.92 Å². The zero-order chi connectivity index (χ0) is 25.7. The number of rotatable bonds is 6. The summed E-state index contributed by atoms with van der Waals surface area (Å²) in [6, 6.07) is 19.5. The summed E-state index contributed by atoms with van der Waals surface area (Å²) in [5.41, 5.74) is -2.24. The van der Waals surface area contributed by atoms with Crippen LogP contribution >= 0.6 is 0 Å². The van der Waals surface area contributed by atoms with E-state index in [2.05, 4.69) is 0 Å². The number of hydrogen-bond donors (Lipinski definition) is 2. The molecule has 0 unspecified atom stereocenters. The van der Waals surface area contributed by atoms with Gasteiger partial charge in [-0.1, -0.05) is 42.5 Å². The minimum atomic E-state index is -2.09. The lowest BCUT2D eigenvalue weighted by molar-refractivity contribution is -0.161. The molecule has 0 radical (unpaired) electrons. The molecule has 1 saturated carbocycles. The first-order valence-corrected chi connectivity index (χ1v) is 11.5. The molecule has 1 heterocycles. The van der Waals surface area contributed by atoms with Crippen LogP contribution in [0.25, 0.3) is 0 Å². The van der Waals surface area contributed by atoms with Crippen molar-refractivity contribution in [3.8, 4) is 23.0 Å². The second kappa shape index (κ2) is 8.72. The van der Waals surface area contributed by atoms with Crippen molar-refractivity contribution >= 4 is 5.97 Å². The summed E-state index contributed by atoms with van der Waals surface area (Å²) in [6.07, 6.45) is -1.60. The van der Waals surface area contributed by atoms with E-state index in [0.717, 1.165) is 0 Å². The van der Waals surface area contributed by atoms with Crippen molar-refractivity contribution in [1.29, 1.82) is 0 Å². The van der Waals surface area contributed by atoms with Crippen molar-refractivity contribution in [2.75, 3.05) is 28.4 Å². The Balaban J connectivity index is 1.88. The number of aliphatic hydroxyl groups excluding tert-OH is 1. The van der Waals surface area contributed by atoms with Gasteiger partial charge in [0.2, 0.25) is 0 Å². The van der Waals surface area contributed by atoms with Gasteiger partial charge in [-0.05, 0) is 23.3 Å². The Kier molecular flexibility index (Phi) is 5.81. The summed E-state index contributed by atoms with van der Waals surface area (Å²) in [4.78, 5) is 13.2. The van der Waals surface area contributed by atoms with Crippen LogP contribution in [0.1, 0.15) is 22.6 Å². The average Bonchev–Trinajstić information content (AvgIpc) is 3.30. The number of hydrogen-bond acceptors (Lipinski definition) is 8. The molecule has 8 nitrogen and oxygen atoms in total. The van der Waals surface area contributed by atoms with E-state index >= 15 is 0 Å². The number of fused-ring (bicyclic) bond motifs is 3. The van der Waals surface area contributed by atoms with E-state index in [1.54, 1.807) is 43.5 Å². The maximum absolute atomic E-state index is 13.2. The fourth-order valence-corrected chi connectivity index (χ4v) is 5.90. The lowest BCUT2D eigenvalue weighted by Gasteiger charge is -2.40. The highest BCUT2D eigenvalue weighted by molar-refractivity contribution is 5.78. The van der Waals surface area contributed by atoms with Crippen LogP contribution in [0.3, 0.4) is 0 Å². The second-order valence-electron chi connectivity index (χ2n) is 8.92. The van der Waals surface area contributed by atoms with E-state index < -0.39 is 35.1 Å². The van der Waals surface area contributed by atoms with Gasteiger partial charge in [-0.2, -0.15) is 0 Å². The largest absolute Gasteiger partial charge is 0.497 e. The summed E-state index contributed by atoms with van der Waals surface area (Å²) >= 11 is 0. The zero-order valence-corrected chi connectivity index (χ0v) is 20.4. The molecule has 1 fully saturated rings. The molecule has 1 aliphatic carbocycles. The fourth-order valence-electron chi connectivity index (χ4n) is 5.90. The highest BCUT2D eigenvalue weighted by atomic mass is 16.6. The summed E-state index contributed by atoms with van der Waals surface area (Å²) in [7, 11) is 5.79. The highest BCUT2D eigenvalue weighted by Crippen LogP contribution is 2.70. The van der Waals surface area contributed by atoms with E-state index in [1.807, 2.05) is 30.3 Å². The van der Waals surface area contributed by atoms with Crippen LogP contribution in [-0.4, -0.2) is 50.7 Å². The van der Waals surface area contributed by atoms with Gasteiger partial charge in [0.1, 0.15) is 29.1 Å². The molecule has 8 heteroatoms. The van der Waals surface area contributed by atoms with Gasteiger partial charge in [-0.15, -0.1) is 0 Å². The average molecular weight is 493 g/mol. The number of ether oxygens (including phenoxy) is 5. The lowest BCUT2D eigenvalue weighted by atomic mass is 9.70. The molecule has 0 saturated heterocycles. The maximum atomic E-state index is 13.2. The summed E-state index contributed by atoms with van der Waals surface area (Å²) in [5.74, 6) is -1.04. The quantitative estimate of drug-likeness (QED) is 0.506. The number of methoxy groups -OCH3 is 4. The monoisotopic (exact) mass is 492 g/mol. The molecule has 3 aromatic carbocycles. The third-order valence-corrected chi connectivity index (χ3v) is 7.43. The van der Waals surface area contributed by atoms with E-state index in [-0.39, 0.29) is 17.1 Å². The molecule has 188 valence electrons. The zero-order valence-electron chi connectivity index (χ0n) is 20.4. The number of carbonyl (C=O) groups is 1. The van der Waals surface area contributed by atoms with Crippen molar-refractivity contribution in [2.45, 2.75) is 23.2 Å². The normalized spacial score (nSPS) is 28.0. The molecule has 0 bridgehead atoms. The van der Waals surface area contributed by atoms with E-state index in [0.29, 0.717) is 22.6 Å². The third kappa shape index (κ3) is 3.04. The van der Waals surface area contributed by atoms with Crippen LogP contribution in [0.5, 0.6) is 23.0 Å². The Morgan fingerprint density at radius 1 is 0.889 bits per heavy atom. The van der Waals surface area contributed by atoms with E-state index in [1.165, 1.54) is 21.3 Å². The van der Waals surface area contributed by atoms with Crippen LogP contribution in [0.15, 0.2) is 66.7 Å². The molecular formula is C28H28O8. The first-order chi connectivity index (χ1) is 17.4. The molecule has 1 aliphatic heterocycles. The molecule has 0 spiro atoms. The van der Waals surface area contributed by atoms with Crippen molar-refractivity contribution in [1.82, 2.24) is 0 Å². The molecule has 2 N–H and O–H groups in total. The molecular weight excluding hydrogens is 464 g/mol. The van der Waals surface area contributed by atoms with Crippen LogP contribution < -0.4 is 18.9 Å². The van der Waals surface area contributed by atoms with Crippen LogP contribution in [-0.2, 0) is 20.7 Å². The summed E-state index contributed by atoms with van der Waals surface area (Å²) < 4.78 is 28.2. The van der Waals surface area contributed by atoms with Crippen molar-refractivity contribution in [3.05, 3.63) is 83.4 Å². The first-order valence-electron chi connectivity index (χ1n) is 11.5. The van der Waals surface area contributed by atoms with E-state index in [4.69, 9.17) is 23.7 Å². The van der Waals surface area contributed by atoms with Gasteiger partial charge in [0.15, 0.2) is 11.2 Å². The number of aliphatic hydroxyl groups is 2. The molecule has 5 rings (SSSR count). The number of esters is 1. The maximum Gasteiger partial charge on any atom is 0.312 e. The van der Waals surface area contributed by atoms with Crippen molar-refractivity contribution in [3.63, 3.8) is 0 Å². The SMILES string of the molecule is COC(=O)[C@@H]1[C@@H](O)[C@@]2(O)c3c(OC)cc(OC)cc3O[C@@]2(c2ccc(OC)cc2)[C@@H]1c1ccccc1. The Labute approximate surface area is 209 Å². The molecule has 0 aromatic heterocycles. The molecule has 36 heavy (non-hydrogen) atoms. The topological polar surface area (TPSA) is 104 Å². The van der Waals surface area contributed by atoms with Gasteiger partial charge in [-0.3, -0.25) is 4.79 Å². The second-order valence-corrected chi connectivity index (χ2v) is 8.92. The standard InChI is InChI=1S/C28H28O8/c1-32-18-12-10-17(11-13-18)28-23(16-8-6-5-7-9-16)22(26(30)35-4)25(29)27(28,31)24-20(34-3)14-19(33-2)15-21(24)36-28/h5-15,22-23,25,29,31H,1-4H3/t22-,23+,25+,27-,28-/m0/s1. The van der Waals surface area contributed by atoms with E-state index in [9.17, 15) is 15.0 Å². The van der Waals surface area contributed by atoms with Gasteiger partial charge in [0.05, 0.1) is 39.9 Å². The Hall–Kier alpha value is -3.75. The minimum Gasteiger partial charge on any atom is -0.497 e. The van der Waals surface area contributed by atoms with Crippen LogP contribution in [0.4, 0.5) is 0 Å². The van der Waals surface area contributed by atoms with Gasteiger partial charge in [0, 0.05) is 18.1 Å². The predicted molar refractivity (Wildman–Crippen MR) is 129 cm³/mol. The van der Waals surface area contributed by atoms with Gasteiger partial charge < -0.3 is 33.9 Å². The number of benzene rings is 3. The molecule has 0 amide bonds. The van der Waals surface area contributed by atoms with Crippen molar-refractivity contribution < 1.29 is 38.7 Å². The highest BCUT2D eigenvalue weighted by Gasteiger charge is 2.78. The molecule has 5 atom stereocenters. The summed E-state index contributed by atoms with van der Waals surface area (Å²) in [6.45, 7) is 0. The van der Waals surface area contributed by atoms with Crippen LogP contribution in [0.2, 0.25) is 0 Å². The van der Waals surface area contributed by atoms with Gasteiger partial charge in [-0.25, -0.2) is 0 Å². The molecule has 2 aliphatic rings.